The van der Waals surface area contributed by atoms with Crippen LogP contribution in [0.15, 0.2) is 65.9 Å². The van der Waals surface area contributed by atoms with Gasteiger partial charge in [0.1, 0.15) is 5.75 Å². The minimum absolute atomic E-state index is 0.0829. The lowest BCUT2D eigenvalue weighted by atomic mass is 10.1. The van der Waals surface area contributed by atoms with Crippen molar-refractivity contribution >= 4 is 22.9 Å². The smallest absolute Gasteiger partial charge is 0.277 e. The van der Waals surface area contributed by atoms with Crippen LogP contribution in [0.5, 0.6) is 5.75 Å². The van der Waals surface area contributed by atoms with Crippen LogP contribution in [-0.4, -0.2) is 23.7 Å². The molecule has 0 bridgehead atoms. The first-order chi connectivity index (χ1) is 10.8. The molecule has 0 aliphatic heterocycles. The van der Waals surface area contributed by atoms with E-state index < -0.39 is 0 Å². The molecule has 1 aromatic heterocycles. The van der Waals surface area contributed by atoms with Crippen LogP contribution in [0, 0.1) is 0 Å². The molecule has 2 N–H and O–H groups in total. The molecule has 0 saturated heterocycles. The van der Waals surface area contributed by atoms with Crippen molar-refractivity contribution in [2.75, 3.05) is 6.61 Å². The van der Waals surface area contributed by atoms with Crippen LogP contribution in [0.2, 0.25) is 0 Å². The maximum absolute atomic E-state index is 11.6. The normalized spacial score (nSPS) is 10.9. The molecule has 5 nitrogen and oxygen atoms in total. The molecule has 110 valence electrons. The summed E-state index contributed by atoms with van der Waals surface area (Å²) in [5, 5.41) is 6.05. The number of benzene rings is 2. The number of H-pyrrole nitrogens is 1. The maximum Gasteiger partial charge on any atom is 0.277 e. The highest BCUT2D eigenvalue weighted by molar-refractivity contribution is 5.84. The molecule has 0 fully saturated rings. The van der Waals surface area contributed by atoms with E-state index in [-0.39, 0.29) is 12.5 Å². The van der Waals surface area contributed by atoms with Crippen LogP contribution in [0.4, 0.5) is 0 Å². The second-order valence-electron chi connectivity index (χ2n) is 4.72. The average molecular weight is 293 g/mol. The molecule has 0 aliphatic rings. The predicted molar refractivity (Wildman–Crippen MR) is 86.0 cm³/mol. The Bertz CT molecular complexity index is 795. The second kappa shape index (κ2) is 6.58. The lowest BCUT2D eigenvalue weighted by Gasteiger charge is -2.06. The summed E-state index contributed by atoms with van der Waals surface area (Å²) in [6, 6.07) is 17.4. The SMILES string of the molecule is O=C(COc1ccc2ccccc2c1)N/N=C/c1ccc[nH]1. The van der Waals surface area contributed by atoms with E-state index in [2.05, 4.69) is 15.5 Å². The van der Waals surface area contributed by atoms with Crippen LogP contribution < -0.4 is 10.2 Å². The lowest BCUT2D eigenvalue weighted by molar-refractivity contribution is -0.123. The minimum Gasteiger partial charge on any atom is -0.484 e. The number of hydrogen-bond acceptors (Lipinski definition) is 3. The van der Waals surface area contributed by atoms with E-state index in [0.717, 1.165) is 16.5 Å². The van der Waals surface area contributed by atoms with Gasteiger partial charge < -0.3 is 9.72 Å². The van der Waals surface area contributed by atoms with Crippen LogP contribution in [0.1, 0.15) is 5.69 Å². The Morgan fingerprint density at radius 2 is 2.00 bits per heavy atom. The molecule has 0 atom stereocenters. The number of nitrogens with zero attached hydrogens (tertiary/aromatic N) is 1. The fourth-order valence-electron chi connectivity index (χ4n) is 2.04. The summed E-state index contributed by atoms with van der Waals surface area (Å²) in [6.07, 6.45) is 3.32. The molecule has 0 unspecified atom stereocenters. The molecule has 5 heteroatoms. The van der Waals surface area contributed by atoms with E-state index in [1.807, 2.05) is 54.6 Å². The van der Waals surface area contributed by atoms with Gasteiger partial charge in [0.25, 0.3) is 5.91 Å². The molecule has 22 heavy (non-hydrogen) atoms. The van der Waals surface area contributed by atoms with Gasteiger partial charge in [-0.2, -0.15) is 5.10 Å². The monoisotopic (exact) mass is 293 g/mol. The van der Waals surface area contributed by atoms with Crippen molar-refractivity contribution in [1.82, 2.24) is 10.4 Å². The summed E-state index contributed by atoms with van der Waals surface area (Å²) < 4.78 is 5.47. The van der Waals surface area contributed by atoms with Crippen molar-refractivity contribution < 1.29 is 9.53 Å². The van der Waals surface area contributed by atoms with E-state index >= 15 is 0 Å². The van der Waals surface area contributed by atoms with Crippen molar-refractivity contribution in [2.24, 2.45) is 5.10 Å². The third-order valence-electron chi connectivity index (χ3n) is 3.11. The van der Waals surface area contributed by atoms with Gasteiger partial charge in [-0.3, -0.25) is 4.79 Å². The number of aromatic amines is 1. The topological polar surface area (TPSA) is 66.5 Å². The average Bonchev–Trinajstić information content (AvgIpc) is 3.06. The minimum atomic E-state index is -0.309. The van der Waals surface area contributed by atoms with E-state index in [1.165, 1.54) is 6.21 Å². The van der Waals surface area contributed by atoms with Gasteiger partial charge in [0.2, 0.25) is 0 Å². The van der Waals surface area contributed by atoms with Crippen LogP contribution in [0.3, 0.4) is 0 Å². The molecule has 3 aromatic rings. The number of amides is 1. The van der Waals surface area contributed by atoms with Crippen molar-refractivity contribution in [3.05, 3.63) is 66.5 Å². The molecular weight excluding hydrogens is 278 g/mol. The van der Waals surface area contributed by atoms with Gasteiger partial charge >= 0.3 is 0 Å². The summed E-state index contributed by atoms with van der Waals surface area (Å²) >= 11 is 0. The van der Waals surface area contributed by atoms with Crippen LogP contribution in [0.25, 0.3) is 10.8 Å². The van der Waals surface area contributed by atoms with Crippen molar-refractivity contribution in [3.8, 4) is 5.75 Å². The van der Waals surface area contributed by atoms with Gasteiger partial charge in [-0.25, -0.2) is 5.43 Å². The first-order valence-corrected chi connectivity index (χ1v) is 6.88. The Labute approximate surface area is 127 Å². The molecule has 1 heterocycles. The number of carbonyl (C=O) groups is 1. The fraction of sp³-hybridized carbons (Fsp3) is 0.0588. The van der Waals surface area contributed by atoms with Gasteiger partial charge in [-0.1, -0.05) is 30.3 Å². The largest absolute Gasteiger partial charge is 0.484 e. The molecule has 0 saturated carbocycles. The van der Waals surface area contributed by atoms with E-state index in [9.17, 15) is 4.79 Å². The van der Waals surface area contributed by atoms with Gasteiger partial charge in [0.15, 0.2) is 6.61 Å². The summed E-state index contributed by atoms with van der Waals surface area (Å²) in [7, 11) is 0. The zero-order valence-electron chi connectivity index (χ0n) is 11.8. The number of nitrogens with one attached hydrogen (secondary N) is 2. The molecular formula is C17H15N3O2. The Balaban J connectivity index is 1.53. The zero-order valence-corrected chi connectivity index (χ0v) is 11.8. The van der Waals surface area contributed by atoms with E-state index in [0.29, 0.717) is 5.75 Å². The van der Waals surface area contributed by atoms with Gasteiger partial charge in [0, 0.05) is 6.20 Å². The molecule has 0 radical (unpaired) electrons. The molecule has 3 rings (SSSR count). The number of ether oxygens (including phenoxy) is 1. The van der Waals surface area contributed by atoms with Crippen LogP contribution in [-0.2, 0) is 4.79 Å². The third-order valence-corrected chi connectivity index (χ3v) is 3.11. The highest BCUT2D eigenvalue weighted by Crippen LogP contribution is 2.20. The second-order valence-corrected chi connectivity index (χ2v) is 4.72. The number of aromatic nitrogens is 1. The lowest BCUT2D eigenvalue weighted by Crippen LogP contribution is -2.24. The van der Waals surface area contributed by atoms with Gasteiger partial charge in [-0.15, -0.1) is 0 Å². The summed E-state index contributed by atoms with van der Waals surface area (Å²) in [5.74, 6) is 0.346. The Hall–Kier alpha value is -3.08. The Morgan fingerprint density at radius 3 is 2.82 bits per heavy atom. The molecule has 1 amide bonds. The predicted octanol–water partition coefficient (Wildman–Crippen LogP) is 2.70. The Morgan fingerprint density at radius 1 is 1.14 bits per heavy atom. The fourth-order valence-corrected chi connectivity index (χ4v) is 2.04. The molecule has 0 aliphatic carbocycles. The van der Waals surface area contributed by atoms with Crippen molar-refractivity contribution in [2.45, 2.75) is 0 Å². The Kier molecular flexibility index (Phi) is 4.15. The van der Waals surface area contributed by atoms with Crippen molar-refractivity contribution in [1.29, 1.82) is 0 Å². The standard InChI is InChI=1S/C17H15N3O2/c21-17(20-19-11-15-6-3-9-18-15)12-22-16-8-7-13-4-1-2-5-14(13)10-16/h1-11,18H,12H2,(H,20,21)/b19-11+. The number of fused-ring (bicyclic) bond motifs is 1. The summed E-state index contributed by atoms with van der Waals surface area (Å²) in [4.78, 5) is 14.6. The molecule has 2 aromatic carbocycles. The highest BCUT2D eigenvalue weighted by Gasteiger charge is 2.02. The summed E-state index contributed by atoms with van der Waals surface area (Å²) in [6.45, 7) is -0.0829. The number of carbonyl (C=O) groups excluding carboxylic acids is 1. The first kappa shape index (κ1) is 13.9. The maximum atomic E-state index is 11.6. The highest BCUT2D eigenvalue weighted by atomic mass is 16.5. The van der Waals surface area contributed by atoms with Gasteiger partial charge in [0.05, 0.1) is 11.9 Å². The van der Waals surface area contributed by atoms with Crippen molar-refractivity contribution in [3.63, 3.8) is 0 Å². The van der Waals surface area contributed by atoms with E-state index in [4.69, 9.17) is 4.74 Å². The number of hydrazone groups is 1. The quantitative estimate of drug-likeness (QED) is 0.561. The number of hydrogen-bond donors (Lipinski definition) is 2. The van der Waals surface area contributed by atoms with E-state index in [1.54, 1.807) is 6.20 Å². The number of rotatable bonds is 5. The van der Waals surface area contributed by atoms with Crippen LogP contribution >= 0.6 is 0 Å². The van der Waals surface area contributed by atoms with Gasteiger partial charge in [-0.05, 0) is 35.0 Å². The third kappa shape index (κ3) is 3.52. The zero-order chi connectivity index (χ0) is 15.2. The first-order valence-electron chi connectivity index (χ1n) is 6.88. The molecule has 0 spiro atoms. The summed E-state index contributed by atoms with van der Waals surface area (Å²) in [5.41, 5.74) is 3.23.